The maximum absolute atomic E-state index is 5.62. The number of hydrogen-bond donors (Lipinski definition) is 0. The normalized spacial score (nSPS) is 16.6. The van der Waals surface area contributed by atoms with Crippen molar-refractivity contribution < 1.29 is 9.47 Å². The summed E-state index contributed by atoms with van der Waals surface area (Å²) >= 11 is 0. The van der Waals surface area contributed by atoms with Gasteiger partial charge in [-0.3, -0.25) is 4.98 Å². The van der Waals surface area contributed by atoms with Crippen molar-refractivity contribution in [1.82, 2.24) is 15.2 Å². The van der Waals surface area contributed by atoms with E-state index in [0.29, 0.717) is 5.75 Å². The summed E-state index contributed by atoms with van der Waals surface area (Å²) in [6.45, 7) is 1.86. The summed E-state index contributed by atoms with van der Waals surface area (Å²) in [7, 11) is 0. The summed E-state index contributed by atoms with van der Waals surface area (Å²) in [4.78, 5) is 4.15. The van der Waals surface area contributed by atoms with Gasteiger partial charge < -0.3 is 9.47 Å². The van der Waals surface area contributed by atoms with Gasteiger partial charge in [0, 0.05) is 41.9 Å². The molecule has 0 radical (unpaired) electrons. The van der Waals surface area contributed by atoms with Gasteiger partial charge in [-0.1, -0.05) is 6.07 Å². The van der Waals surface area contributed by atoms with Gasteiger partial charge >= 0.3 is 0 Å². The van der Waals surface area contributed by atoms with E-state index in [4.69, 9.17) is 9.47 Å². The first-order valence-corrected chi connectivity index (χ1v) is 6.34. The Kier molecular flexibility index (Phi) is 2.32. The number of ether oxygens (including phenoxy) is 2. The van der Waals surface area contributed by atoms with Crippen molar-refractivity contribution >= 4 is 10.9 Å². The molecule has 0 aliphatic carbocycles. The molecule has 1 unspecified atom stereocenters. The predicted octanol–water partition coefficient (Wildman–Crippen LogP) is 2.81. The van der Waals surface area contributed by atoms with Crippen LogP contribution in [0.5, 0.6) is 11.5 Å². The molecular weight excluding hydrogens is 254 g/mol. The van der Waals surface area contributed by atoms with Crippen LogP contribution in [0.3, 0.4) is 0 Å². The van der Waals surface area contributed by atoms with E-state index in [2.05, 4.69) is 15.2 Å². The molecule has 1 atom stereocenters. The van der Waals surface area contributed by atoms with Crippen LogP contribution in [0.1, 0.15) is 6.92 Å². The zero-order chi connectivity index (χ0) is 13.5. The topological polar surface area (TPSA) is 57.1 Å². The van der Waals surface area contributed by atoms with Crippen molar-refractivity contribution in [2.24, 2.45) is 0 Å². The molecule has 1 aliphatic rings. The fraction of sp³-hybridized carbons (Fsp3) is 0.133. The average molecular weight is 265 g/mol. The molecule has 5 nitrogen and oxygen atoms in total. The quantitative estimate of drug-likeness (QED) is 0.677. The second-order valence-electron chi connectivity index (χ2n) is 4.62. The van der Waals surface area contributed by atoms with Crippen molar-refractivity contribution in [3.8, 4) is 22.6 Å². The molecule has 0 saturated carbocycles. The lowest BCUT2D eigenvalue weighted by atomic mass is 10.0. The fourth-order valence-corrected chi connectivity index (χ4v) is 2.38. The first kappa shape index (κ1) is 11.2. The second kappa shape index (κ2) is 4.16. The molecule has 98 valence electrons. The van der Waals surface area contributed by atoms with Crippen molar-refractivity contribution in [2.45, 2.75) is 13.2 Å². The number of aromatic nitrogens is 3. The van der Waals surface area contributed by atoms with Gasteiger partial charge in [0.15, 0.2) is 11.5 Å². The minimum atomic E-state index is -0.267. The first-order valence-electron chi connectivity index (χ1n) is 6.34. The Labute approximate surface area is 115 Å². The average Bonchev–Trinajstić information content (AvgIpc) is 2.84. The molecule has 1 aliphatic heterocycles. The van der Waals surface area contributed by atoms with E-state index in [1.165, 1.54) is 0 Å². The molecule has 3 heterocycles. The standard InChI is InChI=1S/C15H11N3O2/c1-9-19-14-5-11-12(10-3-2-4-16-7-10)8-17-18-13(11)6-15(14)20-9/h2-9H,1H3. The number of pyridine rings is 1. The minimum Gasteiger partial charge on any atom is -0.451 e. The largest absolute Gasteiger partial charge is 0.451 e. The summed E-state index contributed by atoms with van der Waals surface area (Å²) in [6.07, 6.45) is 5.03. The summed E-state index contributed by atoms with van der Waals surface area (Å²) < 4.78 is 11.2. The smallest absolute Gasteiger partial charge is 0.238 e. The molecule has 0 N–H and O–H groups in total. The second-order valence-corrected chi connectivity index (χ2v) is 4.62. The predicted molar refractivity (Wildman–Crippen MR) is 73.5 cm³/mol. The lowest BCUT2D eigenvalue weighted by molar-refractivity contribution is 0.0679. The highest BCUT2D eigenvalue weighted by atomic mass is 16.7. The van der Waals surface area contributed by atoms with Gasteiger partial charge in [-0.15, -0.1) is 0 Å². The molecule has 0 bridgehead atoms. The van der Waals surface area contributed by atoms with Crippen molar-refractivity contribution in [2.75, 3.05) is 0 Å². The molecule has 4 rings (SSSR count). The third-order valence-corrected chi connectivity index (χ3v) is 3.26. The summed E-state index contributed by atoms with van der Waals surface area (Å²) in [5, 5.41) is 9.20. The Hall–Kier alpha value is -2.69. The molecule has 0 saturated heterocycles. The van der Waals surface area contributed by atoms with E-state index in [1.807, 2.05) is 37.4 Å². The number of hydrogen-bond acceptors (Lipinski definition) is 5. The Balaban J connectivity index is 1.97. The van der Waals surface area contributed by atoms with E-state index in [1.54, 1.807) is 12.4 Å². The third-order valence-electron chi connectivity index (χ3n) is 3.26. The van der Waals surface area contributed by atoms with Gasteiger partial charge in [0.25, 0.3) is 0 Å². The van der Waals surface area contributed by atoms with Gasteiger partial charge in [-0.05, 0) is 12.1 Å². The molecule has 0 spiro atoms. The van der Waals surface area contributed by atoms with Crippen LogP contribution in [0.15, 0.2) is 42.9 Å². The van der Waals surface area contributed by atoms with E-state index in [0.717, 1.165) is 27.8 Å². The van der Waals surface area contributed by atoms with Crippen LogP contribution in [-0.4, -0.2) is 21.5 Å². The lowest BCUT2D eigenvalue weighted by Gasteiger charge is -2.06. The van der Waals surface area contributed by atoms with Gasteiger partial charge in [0.2, 0.25) is 6.29 Å². The van der Waals surface area contributed by atoms with Crippen LogP contribution in [0, 0.1) is 0 Å². The molecular formula is C15H11N3O2. The summed E-state index contributed by atoms with van der Waals surface area (Å²) in [6, 6.07) is 7.71. The van der Waals surface area contributed by atoms with E-state index in [9.17, 15) is 0 Å². The molecule has 0 fully saturated rings. The van der Waals surface area contributed by atoms with Gasteiger partial charge in [0.05, 0.1) is 11.7 Å². The molecule has 20 heavy (non-hydrogen) atoms. The molecule has 1 aromatic carbocycles. The van der Waals surface area contributed by atoms with Crippen LogP contribution in [0.2, 0.25) is 0 Å². The third kappa shape index (κ3) is 1.67. The Morgan fingerprint density at radius 2 is 1.95 bits per heavy atom. The highest BCUT2D eigenvalue weighted by Gasteiger charge is 2.22. The molecule has 5 heteroatoms. The van der Waals surface area contributed by atoms with Gasteiger partial charge in [-0.2, -0.15) is 10.2 Å². The van der Waals surface area contributed by atoms with E-state index in [-0.39, 0.29) is 6.29 Å². The van der Waals surface area contributed by atoms with Crippen LogP contribution in [0.25, 0.3) is 22.0 Å². The minimum absolute atomic E-state index is 0.267. The molecule has 3 aromatic rings. The first-order chi connectivity index (χ1) is 9.81. The van der Waals surface area contributed by atoms with Crippen molar-refractivity contribution in [3.05, 3.63) is 42.9 Å². The Morgan fingerprint density at radius 3 is 2.75 bits per heavy atom. The highest BCUT2D eigenvalue weighted by molar-refractivity contribution is 5.95. The van der Waals surface area contributed by atoms with Crippen LogP contribution in [0.4, 0.5) is 0 Å². The summed E-state index contributed by atoms with van der Waals surface area (Å²) in [5.41, 5.74) is 2.76. The molecule has 2 aromatic heterocycles. The zero-order valence-corrected chi connectivity index (χ0v) is 10.8. The van der Waals surface area contributed by atoms with E-state index < -0.39 is 0 Å². The lowest BCUT2D eigenvalue weighted by Crippen LogP contribution is -2.11. The van der Waals surface area contributed by atoms with Crippen LogP contribution >= 0.6 is 0 Å². The zero-order valence-electron chi connectivity index (χ0n) is 10.8. The summed E-state index contributed by atoms with van der Waals surface area (Å²) in [5.74, 6) is 1.45. The van der Waals surface area contributed by atoms with Crippen molar-refractivity contribution in [3.63, 3.8) is 0 Å². The number of fused-ring (bicyclic) bond motifs is 2. The van der Waals surface area contributed by atoms with E-state index >= 15 is 0 Å². The number of benzene rings is 1. The van der Waals surface area contributed by atoms with Gasteiger partial charge in [-0.25, -0.2) is 0 Å². The Bertz CT molecular complexity index is 790. The fourth-order valence-electron chi connectivity index (χ4n) is 2.38. The van der Waals surface area contributed by atoms with Gasteiger partial charge in [0.1, 0.15) is 0 Å². The Morgan fingerprint density at radius 1 is 1.10 bits per heavy atom. The van der Waals surface area contributed by atoms with Crippen LogP contribution in [-0.2, 0) is 0 Å². The monoisotopic (exact) mass is 265 g/mol. The van der Waals surface area contributed by atoms with Crippen molar-refractivity contribution in [1.29, 1.82) is 0 Å². The maximum atomic E-state index is 5.62. The SMILES string of the molecule is CC1Oc2cc3nncc(-c4cccnc4)c3cc2O1. The number of rotatable bonds is 1. The molecule has 0 amide bonds. The van der Waals surface area contributed by atoms with Crippen LogP contribution < -0.4 is 9.47 Å². The number of nitrogens with zero attached hydrogens (tertiary/aromatic N) is 3. The highest BCUT2D eigenvalue weighted by Crippen LogP contribution is 2.39. The maximum Gasteiger partial charge on any atom is 0.238 e.